The van der Waals surface area contributed by atoms with Gasteiger partial charge in [-0.3, -0.25) is 9.69 Å². The molecule has 0 fully saturated rings. The van der Waals surface area contributed by atoms with Crippen molar-refractivity contribution in [2.75, 3.05) is 11.4 Å². The lowest BCUT2D eigenvalue weighted by Crippen LogP contribution is -2.39. The number of benzene rings is 2. The van der Waals surface area contributed by atoms with Crippen molar-refractivity contribution in [3.05, 3.63) is 59.7 Å². The lowest BCUT2D eigenvalue weighted by atomic mass is 9.98. The molecule has 0 saturated carbocycles. The summed E-state index contributed by atoms with van der Waals surface area (Å²) < 4.78 is 41.1. The molecule has 0 aliphatic carbocycles. The van der Waals surface area contributed by atoms with Crippen LogP contribution >= 0.6 is 0 Å². The van der Waals surface area contributed by atoms with Gasteiger partial charge < -0.3 is 0 Å². The molecule has 2 aromatic rings. The molecule has 0 spiro atoms. The highest BCUT2D eigenvalue weighted by Crippen LogP contribution is 2.36. The van der Waals surface area contributed by atoms with Gasteiger partial charge in [0.2, 0.25) is 15.9 Å². The van der Waals surface area contributed by atoms with Crippen LogP contribution in [-0.4, -0.2) is 26.1 Å². The quantitative estimate of drug-likeness (QED) is 0.822. The van der Waals surface area contributed by atoms with Crippen molar-refractivity contribution in [3.63, 3.8) is 0 Å². The topological polar surface area (TPSA) is 66.5 Å². The van der Waals surface area contributed by atoms with Crippen LogP contribution in [0.25, 0.3) is 0 Å². The van der Waals surface area contributed by atoms with Crippen LogP contribution in [0.1, 0.15) is 31.9 Å². The van der Waals surface area contributed by atoms with E-state index in [1.165, 1.54) is 20.8 Å². The van der Waals surface area contributed by atoms with Crippen molar-refractivity contribution in [1.82, 2.24) is 4.72 Å². The third-order valence-corrected chi connectivity index (χ3v) is 6.56. The molecule has 27 heavy (non-hydrogen) atoms. The van der Waals surface area contributed by atoms with Gasteiger partial charge in [-0.15, -0.1) is 0 Å². The van der Waals surface area contributed by atoms with E-state index in [9.17, 15) is 13.2 Å². The maximum Gasteiger partial charge on any atom is 0.236 e. The van der Waals surface area contributed by atoms with E-state index in [1.807, 2.05) is 24.3 Å². The van der Waals surface area contributed by atoms with Gasteiger partial charge >= 0.3 is 0 Å². The highest BCUT2D eigenvalue weighted by atomic mass is 32.2. The Balaban J connectivity index is 1.80. The lowest BCUT2D eigenvalue weighted by Gasteiger charge is -2.24. The van der Waals surface area contributed by atoms with E-state index in [0.717, 1.165) is 11.3 Å². The normalized spacial score (nSPS) is 16.5. The number of hydrogen-bond acceptors (Lipinski definition) is 3. The number of carbonyl (C=O) groups excluding carboxylic acids is 1. The van der Waals surface area contributed by atoms with Gasteiger partial charge in [0, 0.05) is 12.2 Å². The van der Waals surface area contributed by atoms with Crippen molar-refractivity contribution in [2.45, 2.75) is 38.1 Å². The van der Waals surface area contributed by atoms with Crippen LogP contribution in [0.2, 0.25) is 0 Å². The zero-order valence-corrected chi connectivity index (χ0v) is 16.4. The third-order valence-electron chi connectivity index (χ3n) is 4.78. The van der Waals surface area contributed by atoms with Gasteiger partial charge in [0.15, 0.2) is 0 Å². The van der Waals surface area contributed by atoms with Gasteiger partial charge in [-0.1, -0.05) is 30.3 Å². The molecule has 1 amide bonds. The number of sulfonamides is 1. The van der Waals surface area contributed by atoms with Crippen LogP contribution in [0.5, 0.6) is 0 Å². The van der Waals surface area contributed by atoms with E-state index < -0.39 is 20.9 Å². The molecular formula is C20H23FN2O3S. The molecule has 0 radical (unpaired) electrons. The molecule has 3 rings (SSSR count). The number of hydrogen-bond donors (Lipinski definition) is 1. The third kappa shape index (κ3) is 3.89. The summed E-state index contributed by atoms with van der Waals surface area (Å²) in [7, 11) is -3.54. The molecule has 7 heteroatoms. The van der Waals surface area contributed by atoms with Crippen molar-refractivity contribution in [3.8, 4) is 0 Å². The van der Waals surface area contributed by atoms with Crippen LogP contribution in [0, 0.1) is 0 Å². The first-order valence-electron chi connectivity index (χ1n) is 8.80. The molecule has 1 aliphatic heterocycles. The summed E-state index contributed by atoms with van der Waals surface area (Å²) in [5.74, 6) is -0.0309. The molecule has 0 aromatic heterocycles. The molecule has 2 aromatic carbocycles. The Morgan fingerprint density at radius 1 is 1.15 bits per heavy atom. The highest BCUT2D eigenvalue weighted by Gasteiger charge is 2.31. The van der Waals surface area contributed by atoms with Crippen LogP contribution in [0.15, 0.2) is 48.5 Å². The first kappa shape index (κ1) is 19.5. The molecule has 1 atom stereocenters. The Hall–Kier alpha value is -2.25. The van der Waals surface area contributed by atoms with E-state index in [4.69, 9.17) is 0 Å². The Kier molecular flexibility index (Phi) is 5.10. The number of nitrogens with one attached hydrogen (secondary N) is 1. The molecule has 1 N–H and O–H groups in total. The largest absolute Gasteiger partial charge is 0.280 e. The van der Waals surface area contributed by atoms with Gasteiger partial charge in [-0.2, -0.15) is 0 Å². The van der Waals surface area contributed by atoms with Gasteiger partial charge in [0.25, 0.3) is 0 Å². The summed E-state index contributed by atoms with van der Waals surface area (Å²) in [6.07, 6.45) is 0.343. The SMILES string of the molecule is CC(C)S(=O)(=O)NCC(C)(F)c1ccc(N2C(=O)Cc3ccccc32)cc1. The number of rotatable bonds is 6. The number of nitrogens with zero attached hydrogens (tertiary/aromatic N) is 1. The van der Waals surface area contributed by atoms with E-state index in [-0.39, 0.29) is 12.5 Å². The Morgan fingerprint density at radius 3 is 2.41 bits per heavy atom. The summed E-state index contributed by atoms with van der Waals surface area (Å²) in [6, 6.07) is 14.1. The molecule has 1 unspecified atom stereocenters. The van der Waals surface area contributed by atoms with Crippen LogP contribution < -0.4 is 9.62 Å². The van der Waals surface area contributed by atoms with Crippen LogP contribution in [0.3, 0.4) is 0 Å². The average molecular weight is 390 g/mol. The Bertz CT molecular complexity index is 953. The molecule has 1 heterocycles. The number of alkyl halides is 1. The van der Waals surface area contributed by atoms with Crippen molar-refractivity contribution in [2.24, 2.45) is 0 Å². The summed E-state index contributed by atoms with van der Waals surface area (Å²) in [5, 5.41) is -0.628. The van der Waals surface area contributed by atoms with E-state index in [0.29, 0.717) is 17.7 Å². The molecule has 1 aliphatic rings. The maximum atomic E-state index is 15.0. The second-order valence-electron chi connectivity index (χ2n) is 7.19. The number of amides is 1. The zero-order valence-electron chi connectivity index (χ0n) is 15.6. The summed E-state index contributed by atoms with van der Waals surface area (Å²) in [6.45, 7) is 4.06. The van der Waals surface area contributed by atoms with Crippen LogP contribution in [-0.2, 0) is 26.9 Å². The van der Waals surface area contributed by atoms with Crippen LogP contribution in [0.4, 0.5) is 15.8 Å². The van der Waals surface area contributed by atoms with Gasteiger partial charge in [-0.05, 0) is 50.1 Å². The Labute approximate surface area is 159 Å². The molecular weight excluding hydrogens is 367 g/mol. The number of anilines is 2. The summed E-state index contributed by atoms with van der Waals surface area (Å²) >= 11 is 0. The Morgan fingerprint density at radius 2 is 1.78 bits per heavy atom. The molecule has 5 nitrogen and oxygen atoms in total. The predicted molar refractivity (Wildman–Crippen MR) is 104 cm³/mol. The molecule has 0 saturated heterocycles. The second-order valence-corrected chi connectivity index (χ2v) is 9.52. The van der Waals surface area contributed by atoms with Crippen molar-refractivity contribution in [1.29, 1.82) is 0 Å². The minimum Gasteiger partial charge on any atom is -0.280 e. The second kappa shape index (κ2) is 7.05. The minimum atomic E-state index is -3.54. The molecule has 0 bridgehead atoms. The first-order chi connectivity index (χ1) is 12.6. The zero-order chi connectivity index (χ0) is 19.8. The smallest absolute Gasteiger partial charge is 0.236 e. The van der Waals surface area contributed by atoms with E-state index >= 15 is 4.39 Å². The van der Waals surface area contributed by atoms with Gasteiger partial charge in [0.05, 0.1) is 17.4 Å². The number of carbonyl (C=O) groups is 1. The van der Waals surface area contributed by atoms with Gasteiger partial charge in [0.1, 0.15) is 5.67 Å². The molecule has 144 valence electrons. The van der Waals surface area contributed by atoms with Crippen molar-refractivity contribution >= 4 is 27.3 Å². The number of para-hydroxylation sites is 1. The van der Waals surface area contributed by atoms with Gasteiger partial charge in [-0.25, -0.2) is 17.5 Å². The average Bonchev–Trinajstić information content (AvgIpc) is 2.96. The summed E-state index contributed by atoms with van der Waals surface area (Å²) in [5.41, 5.74) is 0.936. The van der Waals surface area contributed by atoms with E-state index in [2.05, 4.69) is 4.72 Å². The number of halogens is 1. The standard InChI is InChI=1S/C20H23FN2O3S/c1-14(2)27(25,26)22-13-20(3,21)16-8-10-17(11-9-16)23-18-7-5-4-6-15(18)12-19(23)24/h4-11,14,22H,12-13H2,1-3H3. The fourth-order valence-electron chi connectivity index (χ4n) is 3.00. The summed E-state index contributed by atoms with van der Waals surface area (Å²) in [4.78, 5) is 14.0. The fourth-order valence-corrected chi connectivity index (χ4v) is 3.81. The first-order valence-corrected chi connectivity index (χ1v) is 10.4. The fraction of sp³-hybridized carbons (Fsp3) is 0.350. The lowest BCUT2D eigenvalue weighted by molar-refractivity contribution is -0.116. The maximum absolute atomic E-state index is 15.0. The monoisotopic (exact) mass is 390 g/mol. The predicted octanol–water partition coefficient (Wildman–Crippen LogP) is 3.42. The highest BCUT2D eigenvalue weighted by molar-refractivity contribution is 7.90. The minimum absolute atomic E-state index is 0.0309. The van der Waals surface area contributed by atoms with Crippen molar-refractivity contribution < 1.29 is 17.6 Å². The number of fused-ring (bicyclic) bond motifs is 1. The van der Waals surface area contributed by atoms with E-state index in [1.54, 1.807) is 29.2 Å².